The third-order valence-corrected chi connectivity index (χ3v) is 20.7. The van der Waals surface area contributed by atoms with Crippen molar-refractivity contribution >= 4 is 79.2 Å². The van der Waals surface area contributed by atoms with Crippen LogP contribution >= 0.6 is 0 Å². The molecule has 0 amide bonds. The SMILES string of the molecule is Cc1cc2c3c(c1)N(c1cc(-c4ccc5c(c4)C(C)(C)c4ccccc4-5)cc(-c4cccc5occc45)c1)c1ccc(C(C)(C)C)cc1B3c1cc(C(C)(C)C)ccc1N2c1cc(-c2ccc3c(c2)C(C)(C)c2ccccc2-3)cc(-c2cccc3occc23)c1. The summed E-state index contributed by atoms with van der Waals surface area (Å²) in [6.45, 7) is 25.8. The highest BCUT2D eigenvalue weighted by Crippen LogP contribution is 2.54. The minimum absolute atomic E-state index is 0.0940. The molecule has 0 bridgehead atoms. The van der Waals surface area contributed by atoms with Crippen LogP contribution < -0.4 is 26.2 Å². The van der Waals surface area contributed by atoms with Crippen molar-refractivity contribution < 1.29 is 8.83 Å². The Morgan fingerprint density at radius 3 is 1.20 bits per heavy atom. The Hall–Kier alpha value is -9.84. The Labute approximate surface area is 529 Å². The second-order valence-electron chi connectivity index (χ2n) is 29.0. The van der Waals surface area contributed by atoms with Gasteiger partial charge >= 0.3 is 0 Å². The number of benzene rings is 11. The van der Waals surface area contributed by atoms with Gasteiger partial charge in [-0.3, -0.25) is 0 Å². The van der Waals surface area contributed by atoms with Crippen LogP contribution in [0.1, 0.15) is 108 Å². The van der Waals surface area contributed by atoms with Crippen molar-refractivity contribution in [2.75, 3.05) is 9.80 Å². The largest absolute Gasteiger partial charge is 0.464 e. The zero-order chi connectivity index (χ0) is 61.5. The lowest BCUT2D eigenvalue weighted by Crippen LogP contribution is -2.61. The molecule has 0 radical (unpaired) electrons. The Kier molecular flexibility index (Phi) is 11.5. The van der Waals surface area contributed by atoms with E-state index in [9.17, 15) is 0 Å². The predicted molar refractivity (Wildman–Crippen MR) is 379 cm³/mol. The first-order valence-corrected chi connectivity index (χ1v) is 32.0. The second kappa shape index (κ2) is 19.1. The maximum absolute atomic E-state index is 6.14. The summed E-state index contributed by atoms with van der Waals surface area (Å²) in [6.07, 6.45) is 3.64. The fourth-order valence-electron chi connectivity index (χ4n) is 16.0. The maximum atomic E-state index is 6.14. The maximum Gasteiger partial charge on any atom is 0.252 e. The van der Waals surface area contributed by atoms with Crippen LogP contribution in [0, 0.1) is 6.92 Å². The third-order valence-electron chi connectivity index (χ3n) is 20.7. The average Bonchev–Trinajstić information content (AvgIpc) is 0.945. The molecule has 436 valence electrons. The van der Waals surface area contributed by atoms with Gasteiger partial charge in [-0.25, -0.2) is 0 Å². The zero-order valence-electron chi connectivity index (χ0n) is 53.2. The van der Waals surface area contributed by atoms with Crippen LogP contribution in [0.2, 0.25) is 0 Å². The number of aryl methyl sites for hydroxylation is 1. The lowest BCUT2D eigenvalue weighted by Gasteiger charge is -2.45. The molecule has 90 heavy (non-hydrogen) atoms. The first-order valence-electron chi connectivity index (χ1n) is 32.0. The second-order valence-corrected chi connectivity index (χ2v) is 29.0. The minimum atomic E-state index is -0.163. The average molecular weight is 1160 g/mol. The van der Waals surface area contributed by atoms with Crippen molar-refractivity contribution in [3.63, 3.8) is 0 Å². The van der Waals surface area contributed by atoms with E-state index in [0.29, 0.717) is 0 Å². The Bertz CT molecular complexity index is 4890. The molecule has 0 atom stereocenters. The first-order chi connectivity index (χ1) is 43.3. The zero-order valence-corrected chi connectivity index (χ0v) is 53.2. The molecule has 5 heteroatoms. The molecule has 4 nitrogen and oxygen atoms in total. The fourth-order valence-corrected chi connectivity index (χ4v) is 16.0. The first kappa shape index (κ1) is 54.3. The van der Waals surface area contributed by atoms with Gasteiger partial charge in [0.05, 0.1) is 12.5 Å². The molecule has 2 aromatic heterocycles. The summed E-state index contributed by atoms with van der Waals surface area (Å²) in [5, 5.41) is 2.18. The summed E-state index contributed by atoms with van der Waals surface area (Å²) in [6, 6.07) is 83.7. The lowest BCUT2D eigenvalue weighted by atomic mass is 9.33. The number of anilines is 6. The molecule has 17 rings (SSSR count). The van der Waals surface area contributed by atoms with Crippen molar-refractivity contribution in [3.05, 3.63) is 270 Å². The van der Waals surface area contributed by atoms with Crippen LogP contribution in [0.15, 0.2) is 240 Å². The van der Waals surface area contributed by atoms with Gasteiger partial charge in [-0.2, -0.15) is 0 Å². The van der Waals surface area contributed by atoms with Gasteiger partial charge in [-0.05, 0) is 237 Å². The molecule has 11 aromatic carbocycles. The summed E-state index contributed by atoms with van der Waals surface area (Å²) in [5.41, 5.74) is 35.8. The number of fused-ring (bicyclic) bond motifs is 12. The van der Waals surface area contributed by atoms with E-state index in [1.54, 1.807) is 0 Å². The Morgan fingerprint density at radius 1 is 0.344 bits per heavy atom. The third kappa shape index (κ3) is 8.07. The molecule has 4 heterocycles. The number of furan rings is 2. The van der Waals surface area contributed by atoms with Crippen molar-refractivity contribution in [2.24, 2.45) is 0 Å². The summed E-state index contributed by atoms with van der Waals surface area (Å²) in [4.78, 5) is 5.23. The number of rotatable bonds is 6. The Balaban J connectivity index is 0.937. The molecule has 2 aliphatic heterocycles. The van der Waals surface area contributed by atoms with Gasteiger partial charge in [0.25, 0.3) is 6.71 Å². The molecule has 0 saturated carbocycles. The van der Waals surface area contributed by atoms with E-state index >= 15 is 0 Å². The van der Waals surface area contributed by atoms with Crippen molar-refractivity contribution in [1.82, 2.24) is 0 Å². The molecule has 0 spiro atoms. The van der Waals surface area contributed by atoms with E-state index in [2.05, 4.69) is 304 Å². The number of hydrogen-bond acceptors (Lipinski definition) is 4. The molecule has 2 aliphatic carbocycles. The van der Waals surface area contributed by atoms with Gasteiger partial charge in [-0.15, -0.1) is 0 Å². The highest BCUT2D eigenvalue weighted by Gasteiger charge is 2.45. The van der Waals surface area contributed by atoms with Crippen LogP contribution in [0.25, 0.3) is 88.7 Å². The molecular formula is C85H71BN2O2. The quantitative estimate of drug-likeness (QED) is 0.155. The van der Waals surface area contributed by atoms with Crippen molar-refractivity contribution in [1.29, 1.82) is 0 Å². The normalized spacial score (nSPS) is 14.7. The topological polar surface area (TPSA) is 32.8 Å². The molecule has 0 fully saturated rings. The predicted octanol–water partition coefficient (Wildman–Crippen LogP) is 21.4. The van der Waals surface area contributed by atoms with E-state index in [-0.39, 0.29) is 28.4 Å². The summed E-state index contributed by atoms with van der Waals surface area (Å²) >= 11 is 0. The summed E-state index contributed by atoms with van der Waals surface area (Å²) < 4.78 is 12.3. The molecule has 4 aliphatic rings. The fraction of sp³-hybridized carbons (Fsp3) is 0.176. The van der Waals surface area contributed by atoms with Gasteiger partial charge in [0.15, 0.2) is 0 Å². The minimum Gasteiger partial charge on any atom is -0.464 e. The number of nitrogens with zero attached hydrogens (tertiary/aromatic N) is 2. The molecule has 0 saturated heterocycles. The smallest absolute Gasteiger partial charge is 0.252 e. The summed E-state index contributed by atoms with van der Waals surface area (Å²) in [7, 11) is 0. The monoisotopic (exact) mass is 1160 g/mol. The molecule has 13 aromatic rings. The molecule has 0 N–H and O–H groups in total. The van der Waals surface area contributed by atoms with Crippen LogP contribution in [-0.2, 0) is 21.7 Å². The van der Waals surface area contributed by atoms with E-state index in [1.807, 2.05) is 12.5 Å². The van der Waals surface area contributed by atoms with Gasteiger partial charge in [0, 0.05) is 55.7 Å². The molecular weight excluding hydrogens is 1090 g/mol. The van der Waals surface area contributed by atoms with E-state index in [0.717, 1.165) is 66.7 Å². The highest BCUT2D eigenvalue weighted by molar-refractivity contribution is 7.00. The molecule has 0 unspecified atom stereocenters. The number of hydrogen-bond donors (Lipinski definition) is 0. The van der Waals surface area contributed by atoms with Crippen molar-refractivity contribution in [2.45, 2.75) is 97.8 Å². The van der Waals surface area contributed by atoms with Gasteiger partial charge in [0.2, 0.25) is 0 Å². The van der Waals surface area contributed by atoms with Crippen molar-refractivity contribution in [3.8, 4) is 66.8 Å². The van der Waals surface area contributed by atoms with E-state index < -0.39 is 0 Å². The van der Waals surface area contributed by atoms with Crippen LogP contribution in [0.3, 0.4) is 0 Å². The van der Waals surface area contributed by atoms with Crippen LogP contribution in [0.5, 0.6) is 0 Å². The lowest BCUT2D eigenvalue weighted by molar-refractivity contribution is 0.590. The van der Waals surface area contributed by atoms with Gasteiger partial charge < -0.3 is 18.6 Å². The van der Waals surface area contributed by atoms with Gasteiger partial charge in [-0.1, -0.05) is 191 Å². The van der Waals surface area contributed by atoms with E-state index in [1.165, 1.54) is 111 Å². The van der Waals surface area contributed by atoms with E-state index in [4.69, 9.17) is 8.83 Å². The van der Waals surface area contributed by atoms with Gasteiger partial charge in [0.1, 0.15) is 11.2 Å². The van der Waals surface area contributed by atoms with Crippen LogP contribution in [0.4, 0.5) is 34.1 Å². The van der Waals surface area contributed by atoms with Crippen LogP contribution in [-0.4, -0.2) is 6.71 Å². The Morgan fingerprint density at radius 2 is 0.756 bits per heavy atom. The summed E-state index contributed by atoms with van der Waals surface area (Å²) in [5.74, 6) is 0. The standard InChI is InChI=1S/C85H71BN2O2/c1-50-38-77-81-78(39-50)88(60-43-54(41-56(45-60)62-21-17-25-80-68(62)35-37-90-80)52-27-31-66-64-19-13-15-23-70(64)85(10,11)72(66)47-52)76-33-29-58(83(5,6)7)49-74(76)86(81)73-48-57(82(2,3)4)28-32-75(73)87(77)59-42-53(40-55(44-59)61-20-16-24-79-67(61)34-36-89-79)51-26-30-65-63-18-12-14-22-69(63)84(8,9)71(65)46-51/h12-49H,1-11H3. The highest BCUT2D eigenvalue weighted by atomic mass is 16.3.